The van der Waals surface area contributed by atoms with E-state index in [4.69, 9.17) is 4.74 Å². The topological polar surface area (TPSA) is 53.2 Å². The molecule has 2 heterocycles. The van der Waals surface area contributed by atoms with E-state index in [1.54, 1.807) is 10.0 Å². The Bertz CT molecular complexity index is 807. The molecule has 5 rings (SSSR count). The number of rotatable bonds is 2. The van der Waals surface area contributed by atoms with Crippen molar-refractivity contribution in [2.75, 3.05) is 5.01 Å². The molecule has 0 aromatic heterocycles. The van der Waals surface area contributed by atoms with E-state index in [1.807, 2.05) is 44.2 Å². The van der Waals surface area contributed by atoms with Crippen LogP contribution in [0, 0.1) is 16.7 Å². The number of anilines is 1. The minimum atomic E-state index is -0.815. The number of hydrazine groups is 1. The van der Waals surface area contributed by atoms with E-state index >= 15 is 0 Å². The van der Waals surface area contributed by atoms with Gasteiger partial charge >= 0.3 is 0 Å². The van der Waals surface area contributed by atoms with Crippen LogP contribution in [-0.4, -0.2) is 34.6 Å². The van der Waals surface area contributed by atoms with Gasteiger partial charge in [0.1, 0.15) is 0 Å². The van der Waals surface area contributed by atoms with Gasteiger partial charge in [-0.15, -0.1) is 0 Å². The van der Waals surface area contributed by atoms with Crippen molar-refractivity contribution in [1.82, 2.24) is 5.01 Å². The minimum Gasteiger partial charge on any atom is -0.356 e. The lowest BCUT2D eigenvalue weighted by molar-refractivity contribution is -0.139. The summed E-state index contributed by atoms with van der Waals surface area (Å²) in [5, 5.41) is 3.43. The lowest BCUT2D eigenvalue weighted by Crippen LogP contribution is -2.52. The number of nitrogens with zero attached hydrogens (tertiary/aromatic N) is 2. The van der Waals surface area contributed by atoms with Crippen LogP contribution in [0.3, 0.4) is 0 Å². The van der Waals surface area contributed by atoms with Crippen molar-refractivity contribution in [1.29, 1.82) is 0 Å². The van der Waals surface area contributed by atoms with Crippen molar-refractivity contribution in [3.05, 3.63) is 30.3 Å². The van der Waals surface area contributed by atoms with Gasteiger partial charge in [0.25, 0.3) is 11.8 Å². The first-order chi connectivity index (χ1) is 12.2. The summed E-state index contributed by atoms with van der Waals surface area (Å²) >= 11 is 0. The van der Waals surface area contributed by atoms with Crippen LogP contribution < -0.4 is 5.01 Å². The maximum atomic E-state index is 13.8. The van der Waals surface area contributed by atoms with E-state index in [0.717, 1.165) is 24.9 Å². The second kappa shape index (κ2) is 4.69. The summed E-state index contributed by atoms with van der Waals surface area (Å²) in [5.41, 5.74) is -0.610. The predicted molar refractivity (Wildman–Crippen MR) is 97.1 cm³/mol. The summed E-state index contributed by atoms with van der Waals surface area (Å²) in [5.74, 6) is 0.506. The predicted octanol–water partition coefficient (Wildman–Crippen LogP) is 3.15. The van der Waals surface area contributed by atoms with Crippen molar-refractivity contribution in [2.24, 2.45) is 16.7 Å². The number of hydrogen-bond acceptors (Lipinski definition) is 3. The van der Waals surface area contributed by atoms with Gasteiger partial charge in [-0.25, -0.2) is 10.0 Å². The molecule has 2 aliphatic carbocycles. The molecule has 2 amide bonds. The summed E-state index contributed by atoms with van der Waals surface area (Å²) in [6.45, 7) is 8.20. The lowest BCUT2D eigenvalue weighted by atomic mass is 9.67. The summed E-state index contributed by atoms with van der Waals surface area (Å²) < 4.78 is 5.65. The van der Waals surface area contributed by atoms with Crippen LogP contribution in [0.2, 0.25) is 0 Å². The van der Waals surface area contributed by atoms with Crippen LogP contribution >= 0.6 is 0 Å². The van der Waals surface area contributed by atoms with E-state index in [0.29, 0.717) is 5.92 Å². The van der Waals surface area contributed by atoms with E-state index in [1.165, 1.54) is 0 Å². The van der Waals surface area contributed by atoms with E-state index in [9.17, 15) is 9.59 Å². The summed E-state index contributed by atoms with van der Waals surface area (Å²) in [4.78, 5) is 27.3. The summed E-state index contributed by atoms with van der Waals surface area (Å²) in [6, 6.07) is 9.52. The molecule has 2 saturated heterocycles. The molecule has 2 bridgehead atoms. The van der Waals surface area contributed by atoms with Gasteiger partial charge in [0.2, 0.25) is 0 Å². The fraction of sp³-hybridized carbons (Fsp3) is 0.619. The number of fused-ring (bicyclic) bond motifs is 1. The first-order valence-electron chi connectivity index (χ1n) is 9.66. The Balaban J connectivity index is 1.66. The van der Waals surface area contributed by atoms with Crippen molar-refractivity contribution in [3.8, 4) is 0 Å². The zero-order valence-electron chi connectivity index (χ0n) is 15.9. The number of ether oxygens (including phenoxy) is 1. The SMILES string of the molecule is C[C@@H]1O[C@@]1(C)C(=O)N1[C@@H]2C[C@H]3CC[C@]2(C(=O)N1c1ccccc1)C3(C)C. The highest BCUT2D eigenvalue weighted by atomic mass is 16.6. The molecule has 0 unspecified atom stereocenters. The van der Waals surface area contributed by atoms with Crippen molar-refractivity contribution in [2.45, 2.75) is 64.7 Å². The van der Waals surface area contributed by atoms with Crippen LogP contribution in [0.1, 0.15) is 47.0 Å². The van der Waals surface area contributed by atoms with E-state index in [2.05, 4.69) is 13.8 Å². The van der Waals surface area contributed by atoms with Gasteiger partial charge in [0.15, 0.2) is 5.60 Å². The third-order valence-electron chi connectivity index (χ3n) is 7.99. The molecule has 0 N–H and O–H groups in total. The normalized spacial score (nSPS) is 42.3. The Hall–Kier alpha value is -1.88. The van der Waals surface area contributed by atoms with Crippen molar-refractivity contribution in [3.63, 3.8) is 0 Å². The molecular weight excluding hydrogens is 328 g/mol. The second-order valence-corrected chi connectivity index (χ2v) is 9.15. The summed E-state index contributed by atoms with van der Waals surface area (Å²) in [6.07, 6.45) is 2.74. The Kier molecular flexibility index (Phi) is 2.94. The highest BCUT2D eigenvalue weighted by Crippen LogP contribution is 2.70. The molecule has 4 aliphatic rings. The number of hydrogen-bond donors (Lipinski definition) is 0. The van der Waals surface area contributed by atoms with Crippen LogP contribution in [0.15, 0.2) is 30.3 Å². The van der Waals surface area contributed by atoms with Crippen molar-refractivity contribution < 1.29 is 14.3 Å². The number of epoxide rings is 1. The largest absolute Gasteiger partial charge is 0.356 e. The lowest BCUT2D eigenvalue weighted by Gasteiger charge is -2.35. The highest BCUT2D eigenvalue weighted by Gasteiger charge is 2.76. The van der Waals surface area contributed by atoms with Gasteiger partial charge in [-0.1, -0.05) is 32.0 Å². The average molecular weight is 354 g/mol. The van der Waals surface area contributed by atoms with Crippen LogP contribution in [-0.2, 0) is 14.3 Å². The zero-order valence-corrected chi connectivity index (χ0v) is 15.9. The minimum absolute atomic E-state index is 0.0651. The fourth-order valence-corrected chi connectivity index (χ4v) is 6.02. The molecule has 4 fully saturated rings. The molecule has 0 radical (unpaired) electrons. The maximum absolute atomic E-state index is 13.8. The molecule has 26 heavy (non-hydrogen) atoms. The molecule has 1 aromatic rings. The van der Waals surface area contributed by atoms with Gasteiger partial charge in [0.05, 0.1) is 23.2 Å². The Morgan fingerprint density at radius 1 is 1.19 bits per heavy atom. The number of amides is 2. The molecule has 138 valence electrons. The van der Waals surface area contributed by atoms with Crippen LogP contribution in [0.4, 0.5) is 5.69 Å². The first-order valence-corrected chi connectivity index (χ1v) is 9.66. The summed E-state index contributed by atoms with van der Waals surface area (Å²) in [7, 11) is 0. The maximum Gasteiger partial charge on any atom is 0.276 e. The number of para-hydroxylation sites is 1. The van der Waals surface area contributed by atoms with Gasteiger partial charge in [-0.3, -0.25) is 9.59 Å². The molecule has 1 spiro atoms. The fourth-order valence-electron chi connectivity index (χ4n) is 6.02. The standard InChI is InChI=1S/C21H26N2O3/c1-13-20(4,26-13)17(24)23-16-12-14-10-11-21(16,19(14,2)3)18(25)22(23)15-8-6-5-7-9-15/h5-9,13-14,16H,10-12H2,1-4H3/t13-,14+,16+,20+,21-/m0/s1. The molecule has 1 aromatic carbocycles. The number of carbonyl (C=O) groups is 2. The average Bonchev–Trinajstić information content (AvgIpc) is 2.93. The Morgan fingerprint density at radius 3 is 2.42 bits per heavy atom. The third-order valence-corrected chi connectivity index (χ3v) is 7.99. The third kappa shape index (κ3) is 1.62. The molecule has 5 atom stereocenters. The second-order valence-electron chi connectivity index (χ2n) is 9.15. The molecule has 2 saturated carbocycles. The van der Waals surface area contributed by atoms with E-state index in [-0.39, 0.29) is 29.4 Å². The molecule has 2 aliphatic heterocycles. The van der Waals surface area contributed by atoms with Crippen molar-refractivity contribution >= 4 is 17.5 Å². The molecule has 5 heteroatoms. The monoisotopic (exact) mass is 354 g/mol. The van der Waals surface area contributed by atoms with Crippen LogP contribution in [0.5, 0.6) is 0 Å². The Morgan fingerprint density at radius 2 is 1.85 bits per heavy atom. The van der Waals surface area contributed by atoms with Gasteiger partial charge in [-0.2, -0.15) is 0 Å². The molecular formula is C21H26N2O3. The highest BCUT2D eigenvalue weighted by molar-refractivity contribution is 6.06. The number of benzene rings is 1. The first kappa shape index (κ1) is 16.3. The quantitative estimate of drug-likeness (QED) is 0.767. The van der Waals surface area contributed by atoms with E-state index < -0.39 is 11.0 Å². The Labute approximate surface area is 154 Å². The smallest absolute Gasteiger partial charge is 0.276 e. The van der Waals surface area contributed by atoms with Gasteiger partial charge in [0, 0.05) is 0 Å². The van der Waals surface area contributed by atoms with Crippen LogP contribution in [0.25, 0.3) is 0 Å². The number of carbonyl (C=O) groups excluding carboxylic acids is 2. The zero-order chi connectivity index (χ0) is 18.5. The van der Waals surface area contributed by atoms with Gasteiger partial charge in [-0.05, 0) is 56.6 Å². The van der Waals surface area contributed by atoms with Gasteiger partial charge < -0.3 is 4.74 Å². The molecule has 5 nitrogen and oxygen atoms in total.